The second-order valence-corrected chi connectivity index (χ2v) is 14.1. The number of amides is 2. The average Bonchev–Trinajstić information content (AvgIpc) is 3.50. The van der Waals surface area contributed by atoms with E-state index in [1.54, 1.807) is 43.0 Å². The Morgan fingerprint density at radius 1 is 1.17 bits per heavy atom. The summed E-state index contributed by atoms with van der Waals surface area (Å²) in [5, 5.41) is 10.0. The fourth-order valence-corrected chi connectivity index (χ4v) is 6.49. The summed E-state index contributed by atoms with van der Waals surface area (Å²) in [5.74, 6) is -0.369. The molecule has 47 heavy (non-hydrogen) atoms. The Balaban J connectivity index is 1.62. The van der Waals surface area contributed by atoms with Crippen molar-refractivity contribution in [1.29, 1.82) is 0 Å². The zero-order valence-corrected chi connectivity index (χ0v) is 28.7. The van der Waals surface area contributed by atoms with Crippen LogP contribution in [0.25, 0.3) is 0 Å². The number of hydrogen-bond donors (Lipinski definition) is 2. The number of aromatic nitrogens is 2. The predicted octanol–water partition coefficient (Wildman–Crippen LogP) is 3.72. The van der Waals surface area contributed by atoms with Crippen molar-refractivity contribution in [3.05, 3.63) is 72.2 Å². The van der Waals surface area contributed by atoms with Gasteiger partial charge in [-0.25, -0.2) is 4.98 Å². The number of anilines is 1. The number of hydrogen-bond acceptors (Lipinski definition) is 8. The summed E-state index contributed by atoms with van der Waals surface area (Å²) in [6.45, 7) is 6.37. The number of aliphatic hydroxyl groups is 1. The van der Waals surface area contributed by atoms with Crippen LogP contribution in [-0.2, 0) is 33.0 Å². The molecule has 0 saturated carbocycles. The molecule has 0 bridgehead atoms. The van der Waals surface area contributed by atoms with Gasteiger partial charge in [-0.1, -0.05) is 37.3 Å². The number of aliphatic hydroxyl groups excluding tert-OH is 1. The molecule has 1 aromatic heterocycles. The van der Waals surface area contributed by atoms with Crippen LogP contribution in [0.5, 0.6) is 5.75 Å². The number of carbonyl (C=O) groups is 2. The highest BCUT2D eigenvalue weighted by molar-refractivity contribution is 7.92. The van der Waals surface area contributed by atoms with Crippen LogP contribution in [0.2, 0.25) is 0 Å². The van der Waals surface area contributed by atoms with Gasteiger partial charge in [-0.3, -0.25) is 14.3 Å². The highest BCUT2D eigenvalue weighted by atomic mass is 32.2. The predicted molar refractivity (Wildman–Crippen MR) is 179 cm³/mol. The smallest absolute Gasteiger partial charge is 0.280 e. The van der Waals surface area contributed by atoms with Gasteiger partial charge in [-0.2, -0.15) is 8.42 Å². The SMILES string of the molecule is C[C@@H]1CCCCO[C@@H](CN(C)C(=O)Cc2ccccc2)[C@H](C)CN([C@H](C)CO)C(=O)c2cc(NS(=O)(=O)c3cn(C)cn3)ccc2O1. The molecule has 0 saturated heterocycles. The van der Waals surface area contributed by atoms with Gasteiger partial charge < -0.3 is 28.9 Å². The third-order valence-corrected chi connectivity index (χ3v) is 9.60. The summed E-state index contributed by atoms with van der Waals surface area (Å²) in [7, 11) is -0.593. The van der Waals surface area contributed by atoms with Crippen LogP contribution >= 0.6 is 0 Å². The molecular weight excluding hydrogens is 622 g/mol. The summed E-state index contributed by atoms with van der Waals surface area (Å²) in [6, 6.07) is 13.6. The summed E-state index contributed by atoms with van der Waals surface area (Å²) in [4.78, 5) is 34.6. The molecule has 0 radical (unpaired) electrons. The Morgan fingerprint density at radius 2 is 1.91 bits per heavy atom. The van der Waals surface area contributed by atoms with Crippen LogP contribution in [0.4, 0.5) is 5.69 Å². The van der Waals surface area contributed by atoms with Crippen molar-refractivity contribution < 1.29 is 32.6 Å². The van der Waals surface area contributed by atoms with E-state index in [0.29, 0.717) is 25.3 Å². The number of rotatable bonds is 9. The number of nitrogens with one attached hydrogen (secondary N) is 1. The fraction of sp³-hybridized carbons (Fsp3) is 0.500. The lowest BCUT2D eigenvalue weighted by Gasteiger charge is -2.36. The number of likely N-dealkylation sites (N-methyl/N-ethyl adjacent to an activating group) is 1. The Morgan fingerprint density at radius 3 is 2.60 bits per heavy atom. The number of ether oxygens (including phenoxy) is 2. The van der Waals surface area contributed by atoms with E-state index in [2.05, 4.69) is 9.71 Å². The maximum absolute atomic E-state index is 14.3. The topological polar surface area (TPSA) is 143 Å². The van der Waals surface area contributed by atoms with Crippen molar-refractivity contribution in [2.45, 2.75) is 69.7 Å². The molecule has 0 unspecified atom stereocenters. The molecule has 4 atom stereocenters. The van der Waals surface area contributed by atoms with Crippen LogP contribution in [0.15, 0.2) is 66.1 Å². The largest absolute Gasteiger partial charge is 0.490 e. The number of carbonyl (C=O) groups excluding carboxylic acids is 2. The molecular formula is C34H47N5O7S. The van der Waals surface area contributed by atoms with Crippen LogP contribution < -0.4 is 9.46 Å². The molecule has 2 amide bonds. The first-order chi connectivity index (χ1) is 22.4. The Kier molecular flexibility index (Phi) is 12.4. The molecule has 13 heteroatoms. The zero-order chi connectivity index (χ0) is 34.1. The maximum Gasteiger partial charge on any atom is 0.280 e. The molecule has 0 aliphatic carbocycles. The highest BCUT2D eigenvalue weighted by Crippen LogP contribution is 2.29. The number of fused-ring (bicyclic) bond motifs is 1. The first kappa shape index (κ1) is 35.9. The van der Waals surface area contributed by atoms with Gasteiger partial charge in [0.1, 0.15) is 5.75 Å². The van der Waals surface area contributed by atoms with Gasteiger partial charge in [-0.05, 0) is 56.9 Å². The van der Waals surface area contributed by atoms with E-state index in [4.69, 9.17) is 9.47 Å². The molecule has 2 heterocycles. The molecule has 2 aromatic carbocycles. The molecule has 3 aromatic rings. The molecule has 1 aliphatic rings. The number of benzene rings is 2. The molecule has 0 fully saturated rings. The fourth-order valence-electron chi connectivity index (χ4n) is 5.46. The van der Waals surface area contributed by atoms with Gasteiger partial charge in [0.15, 0.2) is 5.03 Å². The number of nitrogens with zero attached hydrogens (tertiary/aromatic N) is 4. The van der Waals surface area contributed by atoms with Gasteiger partial charge in [0, 0.05) is 51.6 Å². The molecule has 4 rings (SSSR count). The summed E-state index contributed by atoms with van der Waals surface area (Å²) in [6.07, 6.45) is 4.74. The van der Waals surface area contributed by atoms with E-state index >= 15 is 0 Å². The number of imidazole rings is 1. The minimum atomic E-state index is -4.02. The lowest BCUT2D eigenvalue weighted by atomic mass is 10.0. The maximum atomic E-state index is 14.3. The third kappa shape index (κ3) is 9.78. The molecule has 12 nitrogen and oxygen atoms in total. The van der Waals surface area contributed by atoms with Crippen molar-refractivity contribution >= 4 is 27.5 Å². The quantitative estimate of drug-likeness (QED) is 0.351. The monoisotopic (exact) mass is 669 g/mol. The van der Waals surface area contributed by atoms with Crippen LogP contribution in [0.3, 0.4) is 0 Å². The van der Waals surface area contributed by atoms with Crippen molar-refractivity contribution in [1.82, 2.24) is 19.4 Å². The minimum Gasteiger partial charge on any atom is -0.490 e. The normalized spacial score (nSPS) is 20.4. The first-order valence-electron chi connectivity index (χ1n) is 16.0. The molecule has 0 spiro atoms. The van der Waals surface area contributed by atoms with Gasteiger partial charge in [0.25, 0.3) is 15.9 Å². The summed E-state index contributed by atoms with van der Waals surface area (Å²) >= 11 is 0. The molecule has 2 N–H and O–H groups in total. The van der Waals surface area contributed by atoms with Crippen molar-refractivity contribution in [3.63, 3.8) is 0 Å². The summed E-state index contributed by atoms with van der Waals surface area (Å²) < 4.78 is 42.7. The second kappa shape index (κ2) is 16.2. The van der Waals surface area contributed by atoms with Crippen molar-refractivity contribution in [2.24, 2.45) is 13.0 Å². The van der Waals surface area contributed by atoms with Crippen molar-refractivity contribution in [2.75, 3.05) is 38.1 Å². The van der Waals surface area contributed by atoms with Gasteiger partial charge >= 0.3 is 0 Å². The molecule has 256 valence electrons. The van der Waals surface area contributed by atoms with E-state index in [-0.39, 0.29) is 59.9 Å². The van der Waals surface area contributed by atoms with Crippen LogP contribution in [0.1, 0.15) is 56.0 Å². The van der Waals surface area contributed by atoms with Gasteiger partial charge in [0.05, 0.1) is 43.2 Å². The van der Waals surface area contributed by atoms with E-state index < -0.39 is 22.0 Å². The number of aryl methyl sites for hydroxylation is 1. The lowest BCUT2D eigenvalue weighted by molar-refractivity contribution is -0.131. The van der Waals surface area contributed by atoms with Crippen LogP contribution in [-0.4, -0.2) is 96.3 Å². The standard InChI is InChI=1S/C34H47N5O7S/c1-24-19-39(25(2)22-40)34(42)29-18-28(36-47(43,44)32-21-37(4)23-35-32)14-15-30(29)46-26(3)11-9-10-16-45-31(24)20-38(5)33(41)17-27-12-7-6-8-13-27/h6-8,12-15,18,21,23-26,31,36,40H,9-11,16-17,19-20,22H2,1-5H3/t24-,25-,26-,31+/m1/s1. The summed E-state index contributed by atoms with van der Waals surface area (Å²) in [5.41, 5.74) is 1.26. The van der Waals surface area contributed by atoms with E-state index in [1.807, 2.05) is 44.2 Å². The minimum absolute atomic E-state index is 0.0383. The zero-order valence-electron chi connectivity index (χ0n) is 27.8. The van der Waals surface area contributed by atoms with E-state index in [9.17, 15) is 23.1 Å². The van der Waals surface area contributed by atoms with E-state index in [1.165, 1.54) is 23.2 Å². The van der Waals surface area contributed by atoms with Crippen molar-refractivity contribution in [3.8, 4) is 5.75 Å². The van der Waals surface area contributed by atoms with Gasteiger partial charge in [-0.15, -0.1) is 0 Å². The third-order valence-electron chi connectivity index (χ3n) is 8.34. The average molecular weight is 670 g/mol. The number of sulfonamides is 1. The Bertz CT molecular complexity index is 1600. The highest BCUT2D eigenvalue weighted by Gasteiger charge is 2.31. The Labute approximate surface area is 277 Å². The van der Waals surface area contributed by atoms with Gasteiger partial charge in [0.2, 0.25) is 5.91 Å². The van der Waals surface area contributed by atoms with Crippen LogP contribution in [0, 0.1) is 5.92 Å². The van der Waals surface area contributed by atoms with E-state index in [0.717, 1.165) is 18.4 Å². The first-order valence-corrected chi connectivity index (χ1v) is 17.5. The lowest BCUT2D eigenvalue weighted by Crippen LogP contribution is -2.48. The molecule has 1 aliphatic heterocycles. The second-order valence-electron chi connectivity index (χ2n) is 12.4. The Hall–Kier alpha value is -3.94.